The number of aromatic nitrogens is 4. The molecule has 8 aromatic carbocycles. The van der Waals surface area contributed by atoms with Crippen molar-refractivity contribution in [3.63, 3.8) is 0 Å². The summed E-state index contributed by atoms with van der Waals surface area (Å²) in [5.41, 5.74) is 10.9. The summed E-state index contributed by atoms with van der Waals surface area (Å²) in [5, 5.41) is 9.91. The Morgan fingerprint density at radius 3 is 1.63 bits per heavy atom. The fourth-order valence-electron chi connectivity index (χ4n) is 7.96. The SMILES string of the molecule is c1ccc(-c2cc(-c3ccc(-c4ccc5ccc6cccc7ccc4c5c67)cc3)nc(-c3ccc(-c4ccc5ccc6cccnc6c5n4)cc3)n2)cc1. The summed E-state index contributed by atoms with van der Waals surface area (Å²) in [7, 11) is 0. The summed E-state index contributed by atoms with van der Waals surface area (Å²) in [5.74, 6) is 0.676. The van der Waals surface area contributed by atoms with Crippen molar-refractivity contribution in [2.75, 3.05) is 0 Å². The molecule has 11 aromatic rings. The van der Waals surface area contributed by atoms with Crippen molar-refractivity contribution in [3.8, 4) is 56.3 Å². The van der Waals surface area contributed by atoms with E-state index in [0.29, 0.717) is 5.82 Å². The molecule has 0 atom stereocenters. The van der Waals surface area contributed by atoms with E-state index in [4.69, 9.17) is 15.0 Å². The van der Waals surface area contributed by atoms with Gasteiger partial charge in [-0.3, -0.25) is 4.98 Å². The molecule has 11 rings (SSSR count). The quantitative estimate of drug-likeness (QED) is 0.169. The number of rotatable bonds is 5. The summed E-state index contributed by atoms with van der Waals surface area (Å²) in [6.45, 7) is 0. The minimum absolute atomic E-state index is 0.676. The van der Waals surface area contributed by atoms with Crippen molar-refractivity contribution in [2.24, 2.45) is 0 Å². The molecule has 4 heteroatoms. The topological polar surface area (TPSA) is 51.6 Å². The van der Waals surface area contributed by atoms with E-state index >= 15 is 0 Å². The first-order valence-corrected chi connectivity index (χ1v) is 18.2. The Hall–Kier alpha value is -7.30. The Morgan fingerprint density at radius 2 is 0.870 bits per heavy atom. The molecule has 0 saturated heterocycles. The van der Waals surface area contributed by atoms with Gasteiger partial charge in [0.1, 0.15) is 0 Å². The highest BCUT2D eigenvalue weighted by atomic mass is 14.9. The van der Waals surface area contributed by atoms with E-state index in [9.17, 15) is 0 Å². The van der Waals surface area contributed by atoms with Crippen LogP contribution in [0.15, 0.2) is 182 Å². The number of pyridine rings is 2. The van der Waals surface area contributed by atoms with Crippen LogP contribution in [0.3, 0.4) is 0 Å². The molecule has 0 unspecified atom stereocenters. The predicted octanol–water partition coefficient (Wildman–Crippen LogP) is 12.8. The van der Waals surface area contributed by atoms with E-state index < -0.39 is 0 Å². The van der Waals surface area contributed by atoms with Crippen LogP contribution in [0.4, 0.5) is 0 Å². The third-order valence-electron chi connectivity index (χ3n) is 10.7. The third kappa shape index (κ3) is 5.00. The highest BCUT2D eigenvalue weighted by Crippen LogP contribution is 2.40. The summed E-state index contributed by atoms with van der Waals surface area (Å²) < 4.78 is 0. The Morgan fingerprint density at radius 1 is 0.315 bits per heavy atom. The fourth-order valence-corrected chi connectivity index (χ4v) is 7.96. The standard InChI is InChI=1S/C50H30N4/c1-2-6-32(7-3-1)44-30-45(34-13-11-31(12-14-34)41-26-23-37-18-17-35-8-4-9-36-24-27-42(41)47(37)46(35)36)54-50(53-44)40-21-15-33(16-22-40)43-28-25-39-20-19-38-10-5-29-51-48(38)49(39)52-43/h1-30H. The monoisotopic (exact) mass is 686 g/mol. The molecule has 0 amide bonds. The van der Waals surface area contributed by atoms with Crippen molar-refractivity contribution >= 4 is 54.1 Å². The lowest BCUT2D eigenvalue weighted by Crippen LogP contribution is -1.96. The number of hydrogen-bond acceptors (Lipinski definition) is 4. The second-order valence-electron chi connectivity index (χ2n) is 13.9. The minimum Gasteiger partial charge on any atom is -0.254 e. The molecule has 0 radical (unpaired) electrons. The lowest BCUT2D eigenvalue weighted by Gasteiger charge is -2.14. The maximum atomic E-state index is 5.15. The van der Waals surface area contributed by atoms with Crippen LogP contribution in [0.1, 0.15) is 0 Å². The third-order valence-corrected chi connectivity index (χ3v) is 10.7. The molecule has 0 fully saturated rings. The summed E-state index contributed by atoms with van der Waals surface area (Å²) in [6.07, 6.45) is 1.82. The normalized spacial score (nSPS) is 11.7. The second-order valence-corrected chi connectivity index (χ2v) is 13.9. The smallest absolute Gasteiger partial charge is 0.160 e. The van der Waals surface area contributed by atoms with Gasteiger partial charge in [-0.15, -0.1) is 0 Å². The molecule has 4 nitrogen and oxygen atoms in total. The van der Waals surface area contributed by atoms with Crippen molar-refractivity contribution in [1.82, 2.24) is 19.9 Å². The van der Waals surface area contributed by atoms with Gasteiger partial charge in [0.2, 0.25) is 0 Å². The van der Waals surface area contributed by atoms with E-state index in [1.54, 1.807) is 0 Å². The second kappa shape index (κ2) is 12.1. The van der Waals surface area contributed by atoms with Crippen LogP contribution in [0, 0.1) is 0 Å². The Labute approximate surface area is 311 Å². The van der Waals surface area contributed by atoms with Crippen LogP contribution in [-0.4, -0.2) is 19.9 Å². The predicted molar refractivity (Wildman–Crippen MR) is 224 cm³/mol. The molecule has 0 bridgehead atoms. The number of fused-ring (bicyclic) bond motifs is 3. The van der Waals surface area contributed by atoms with Crippen LogP contribution < -0.4 is 0 Å². The molecule has 0 spiro atoms. The van der Waals surface area contributed by atoms with Crippen molar-refractivity contribution in [2.45, 2.75) is 0 Å². The maximum Gasteiger partial charge on any atom is 0.160 e. The molecule has 0 aliphatic heterocycles. The summed E-state index contributed by atoms with van der Waals surface area (Å²) >= 11 is 0. The highest BCUT2D eigenvalue weighted by Gasteiger charge is 2.15. The molecule has 0 aliphatic carbocycles. The molecule has 250 valence electrons. The highest BCUT2D eigenvalue weighted by molar-refractivity contribution is 6.25. The summed E-state index contributed by atoms with van der Waals surface area (Å²) in [6, 6.07) is 62.1. The van der Waals surface area contributed by atoms with Crippen LogP contribution in [0.25, 0.3) is 110 Å². The van der Waals surface area contributed by atoms with Crippen molar-refractivity contribution in [3.05, 3.63) is 182 Å². The first kappa shape index (κ1) is 30.3. The van der Waals surface area contributed by atoms with E-state index in [0.717, 1.165) is 61.1 Å². The molecule has 0 aliphatic rings. The first-order chi connectivity index (χ1) is 26.7. The van der Waals surface area contributed by atoms with Crippen molar-refractivity contribution in [1.29, 1.82) is 0 Å². The van der Waals surface area contributed by atoms with Gasteiger partial charge >= 0.3 is 0 Å². The number of hydrogen-bond donors (Lipinski definition) is 0. The average molecular weight is 687 g/mol. The first-order valence-electron chi connectivity index (χ1n) is 18.2. The molecule has 0 saturated carbocycles. The Bertz CT molecular complexity index is 3170. The van der Waals surface area contributed by atoms with Gasteiger partial charge in [0.25, 0.3) is 0 Å². The summed E-state index contributed by atoms with van der Waals surface area (Å²) in [4.78, 5) is 19.9. The van der Waals surface area contributed by atoms with E-state index in [-0.39, 0.29) is 0 Å². The lowest BCUT2D eigenvalue weighted by molar-refractivity contribution is 1.18. The zero-order valence-electron chi connectivity index (χ0n) is 29.1. The van der Waals surface area contributed by atoms with Gasteiger partial charge in [-0.25, -0.2) is 15.0 Å². The van der Waals surface area contributed by atoms with Gasteiger partial charge in [0.05, 0.1) is 28.1 Å². The van der Waals surface area contributed by atoms with Gasteiger partial charge in [-0.2, -0.15) is 0 Å². The average Bonchev–Trinajstić information content (AvgIpc) is 3.25. The van der Waals surface area contributed by atoms with Crippen LogP contribution in [-0.2, 0) is 0 Å². The number of nitrogens with zero attached hydrogens (tertiary/aromatic N) is 4. The zero-order valence-corrected chi connectivity index (χ0v) is 29.1. The van der Waals surface area contributed by atoms with Crippen LogP contribution in [0.5, 0.6) is 0 Å². The van der Waals surface area contributed by atoms with Gasteiger partial charge in [0, 0.05) is 39.2 Å². The number of benzene rings is 8. The molecule has 3 heterocycles. The van der Waals surface area contributed by atoms with E-state index in [2.05, 4.69) is 157 Å². The van der Waals surface area contributed by atoms with Gasteiger partial charge < -0.3 is 0 Å². The minimum atomic E-state index is 0.676. The molecular weight excluding hydrogens is 657 g/mol. The lowest BCUT2D eigenvalue weighted by atomic mass is 9.89. The Balaban J connectivity index is 0.976. The maximum absolute atomic E-state index is 5.15. The van der Waals surface area contributed by atoms with Gasteiger partial charge in [-0.05, 0) is 61.6 Å². The van der Waals surface area contributed by atoms with E-state index in [1.807, 2.05) is 30.5 Å². The van der Waals surface area contributed by atoms with Gasteiger partial charge in [0.15, 0.2) is 5.82 Å². The molecule has 0 N–H and O–H groups in total. The zero-order chi connectivity index (χ0) is 35.6. The van der Waals surface area contributed by atoms with Crippen LogP contribution >= 0.6 is 0 Å². The van der Waals surface area contributed by atoms with Crippen LogP contribution in [0.2, 0.25) is 0 Å². The molecule has 54 heavy (non-hydrogen) atoms. The van der Waals surface area contributed by atoms with Gasteiger partial charge in [-0.1, -0.05) is 158 Å². The largest absolute Gasteiger partial charge is 0.254 e. The van der Waals surface area contributed by atoms with Crippen molar-refractivity contribution < 1.29 is 0 Å². The van der Waals surface area contributed by atoms with E-state index in [1.165, 1.54) is 43.4 Å². The fraction of sp³-hybridized carbons (Fsp3) is 0. The Kier molecular flexibility index (Phi) is 6.82. The molecular formula is C50H30N4. The molecule has 3 aromatic heterocycles.